The molecule has 0 saturated carbocycles. The van der Waals surface area contributed by atoms with Gasteiger partial charge < -0.3 is 10.2 Å². The fraction of sp³-hybridized carbons (Fsp3) is 0.933. The van der Waals surface area contributed by atoms with Gasteiger partial charge in [-0.1, -0.05) is 13.8 Å². The maximum absolute atomic E-state index is 11.8. The fourth-order valence-electron chi connectivity index (χ4n) is 3.48. The molecule has 2 heterocycles. The molecular weight excluding hydrogens is 300 g/mol. The molecule has 2 aliphatic rings. The van der Waals surface area contributed by atoms with Gasteiger partial charge in [-0.15, -0.1) is 0 Å². The molecule has 0 bridgehead atoms. The van der Waals surface area contributed by atoms with E-state index < -0.39 is 10.0 Å². The van der Waals surface area contributed by atoms with Gasteiger partial charge in [-0.25, -0.2) is 8.42 Å². The van der Waals surface area contributed by atoms with Crippen LogP contribution in [0.25, 0.3) is 0 Å². The van der Waals surface area contributed by atoms with E-state index in [0.29, 0.717) is 18.5 Å². The van der Waals surface area contributed by atoms with Crippen LogP contribution in [-0.4, -0.2) is 69.1 Å². The Bertz CT molecular complexity index is 520. The van der Waals surface area contributed by atoms with Crippen molar-refractivity contribution >= 4 is 16.0 Å². The van der Waals surface area contributed by atoms with E-state index in [-0.39, 0.29) is 6.04 Å². The second kappa shape index (κ2) is 6.74. The van der Waals surface area contributed by atoms with Crippen molar-refractivity contribution < 1.29 is 8.42 Å². The molecule has 2 atom stereocenters. The molecule has 2 aliphatic heterocycles. The molecule has 2 saturated heterocycles. The number of hydrogen-bond donors (Lipinski definition) is 1. The highest BCUT2D eigenvalue weighted by atomic mass is 32.2. The predicted octanol–water partition coefficient (Wildman–Crippen LogP) is 1.11. The van der Waals surface area contributed by atoms with Crippen LogP contribution in [0.15, 0.2) is 4.99 Å². The van der Waals surface area contributed by atoms with Crippen molar-refractivity contribution in [3.05, 3.63) is 0 Å². The van der Waals surface area contributed by atoms with Gasteiger partial charge in [0.05, 0.1) is 6.26 Å². The molecule has 0 aromatic heterocycles. The minimum Gasteiger partial charge on any atom is -0.355 e. The first kappa shape index (κ1) is 17.5. The third-order valence-electron chi connectivity index (χ3n) is 5.17. The van der Waals surface area contributed by atoms with Crippen molar-refractivity contribution in [2.75, 3.05) is 39.5 Å². The van der Waals surface area contributed by atoms with Crippen LogP contribution < -0.4 is 5.32 Å². The smallest absolute Gasteiger partial charge is 0.211 e. The molecular formula is C15H30N4O2S. The van der Waals surface area contributed by atoms with Crippen LogP contribution >= 0.6 is 0 Å². The Hall–Kier alpha value is -0.820. The summed E-state index contributed by atoms with van der Waals surface area (Å²) in [5.41, 5.74) is 0.365. The van der Waals surface area contributed by atoms with E-state index in [1.54, 1.807) is 11.4 Å². The lowest BCUT2D eigenvalue weighted by molar-refractivity contribution is 0.320. The maximum atomic E-state index is 11.8. The topological polar surface area (TPSA) is 65.0 Å². The summed E-state index contributed by atoms with van der Waals surface area (Å²) in [6.07, 6.45) is 5.51. The molecule has 1 unspecified atom stereocenters. The molecule has 128 valence electrons. The number of sulfonamides is 1. The van der Waals surface area contributed by atoms with E-state index in [2.05, 4.69) is 29.1 Å². The van der Waals surface area contributed by atoms with Crippen molar-refractivity contribution in [1.29, 1.82) is 0 Å². The van der Waals surface area contributed by atoms with E-state index in [0.717, 1.165) is 31.9 Å². The third kappa shape index (κ3) is 3.93. The SMILES string of the molecule is CCC1(C)CCN(C(=NC)NC[C@H]2CCCN2S(C)(=O)=O)C1. The first-order chi connectivity index (χ1) is 10.3. The highest BCUT2D eigenvalue weighted by molar-refractivity contribution is 7.88. The van der Waals surface area contributed by atoms with E-state index in [1.807, 2.05) is 0 Å². The zero-order valence-electron chi connectivity index (χ0n) is 14.3. The van der Waals surface area contributed by atoms with Gasteiger partial charge in [-0.2, -0.15) is 4.31 Å². The van der Waals surface area contributed by atoms with Crippen LogP contribution in [0.1, 0.15) is 39.5 Å². The van der Waals surface area contributed by atoms with E-state index in [9.17, 15) is 8.42 Å². The number of likely N-dealkylation sites (tertiary alicyclic amines) is 1. The van der Waals surface area contributed by atoms with Crippen LogP contribution in [0.2, 0.25) is 0 Å². The van der Waals surface area contributed by atoms with Crippen LogP contribution in [0.5, 0.6) is 0 Å². The lowest BCUT2D eigenvalue weighted by Crippen LogP contribution is -2.47. The van der Waals surface area contributed by atoms with Gasteiger partial charge in [0.1, 0.15) is 0 Å². The summed E-state index contributed by atoms with van der Waals surface area (Å²) in [4.78, 5) is 6.68. The number of guanidine groups is 1. The molecule has 2 rings (SSSR count). The normalized spacial score (nSPS) is 31.0. The third-order valence-corrected chi connectivity index (χ3v) is 6.50. The number of aliphatic imine (C=N–C) groups is 1. The van der Waals surface area contributed by atoms with E-state index in [1.165, 1.54) is 19.1 Å². The van der Waals surface area contributed by atoms with Gasteiger partial charge in [0.15, 0.2) is 5.96 Å². The molecule has 0 aromatic carbocycles. The highest BCUT2D eigenvalue weighted by Gasteiger charge is 2.35. The molecule has 1 N–H and O–H groups in total. The molecule has 0 aliphatic carbocycles. The highest BCUT2D eigenvalue weighted by Crippen LogP contribution is 2.32. The second-order valence-corrected chi connectivity index (χ2v) is 8.87. The van der Waals surface area contributed by atoms with E-state index >= 15 is 0 Å². The Kier molecular flexibility index (Phi) is 5.37. The van der Waals surface area contributed by atoms with Gasteiger partial charge in [-0.3, -0.25) is 4.99 Å². The van der Waals surface area contributed by atoms with Gasteiger partial charge in [0, 0.05) is 39.3 Å². The van der Waals surface area contributed by atoms with Gasteiger partial charge in [-0.05, 0) is 31.1 Å². The molecule has 0 spiro atoms. The maximum Gasteiger partial charge on any atom is 0.211 e. The number of nitrogens with one attached hydrogen (secondary N) is 1. The number of hydrogen-bond acceptors (Lipinski definition) is 3. The Morgan fingerprint density at radius 2 is 2.14 bits per heavy atom. The molecule has 6 nitrogen and oxygen atoms in total. The Morgan fingerprint density at radius 1 is 1.41 bits per heavy atom. The second-order valence-electron chi connectivity index (χ2n) is 6.93. The van der Waals surface area contributed by atoms with Crippen molar-refractivity contribution in [3.63, 3.8) is 0 Å². The lowest BCUT2D eigenvalue weighted by atomic mass is 9.87. The first-order valence-electron chi connectivity index (χ1n) is 8.21. The van der Waals surface area contributed by atoms with Gasteiger partial charge in [0.2, 0.25) is 10.0 Å². The van der Waals surface area contributed by atoms with Crippen molar-refractivity contribution in [1.82, 2.24) is 14.5 Å². The first-order valence-corrected chi connectivity index (χ1v) is 10.1. The monoisotopic (exact) mass is 330 g/mol. The largest absolute Gasteiger partial charge is 0.355 e. The minimum absolute atomic E-state index is 0.0481. The summed E-state index contributed by atoms with van der Waals surface area (Å²) in [7, 11) is -1.31. The summed E-state index contributed by atoms with van der Waals surface area (Å²) >= 11 is 0. The lowest BCUT2D eigenvalue weighted by Gasteiger charge is -2.28. The van der Waals surface area contributed by atoms with Crippen LogP contribution in [-0.2, 0) is 10.0 Å². The number of nitrogens with zero attached hydrogens (tertiary/aromatic N) is 3. The quantitative estimate of drug-likeness (QED) is 0.619. The molecule has 0 amide bonds. The standard InChI is InChI=1S/C15H30N4O2S/c1-5-15(2)8-10-18(12-15)14(16-3)17-11-13-7-6-9-19(13)22(4,20)21/h13H,5-12H2,1-4H3,(H,16,17)/t13-,15?/m1/s1. The van der Waals surface area contributed by atoms with Gasteiger partial charge >= 0.3 is 0 Å². The van der Waals surface area contributed by atoms with Crippen LogP contribution in [0, 0.1) is 5.41 Å². The zero-order valence-corrected chi connectivity index (χ0v) is 15.1. The average Bonchev–Trinajstić information content (AvgIpc) is 3.07. The number of rotatable bonds is 4. The summed E-state index contributed by atoms with van der Waals surface area (Å²) in [5, 5.41) is 3.39. The van der Waals surface area contributed by atoms with Crippen molar-refractivity contribution in [2.24, 2.45) is 10.4 Å². The van der Waals surface area contributed by atoms with E-state index in [4.69, 9.17) is 0 Å². The van der Waals surface area contributed by atoms with Gasteiger partial charge in [0.25, 0.3) is 0 Å². The molecule has 22 heavy (non-hydrogen) atoms. The average molecular weight is 330 g/mol. The Balaban J connectivity index is 1.93. The fourth-order valence-corrected chi connectivity index (χ4v) is 4.67. The summed E-state index contributed by atoms with van der Waals surface area (Å²) in [6.45, 7) is 7.87. The zero-order chi connectivity index (χ0) is 16.4. The van der Waals surface area contributed by atoms with Crippen LogP contribution in [0.3, 0.4) is 0 Å². The van der Waals surface area contributed by atoms with Crippen molar-refractivity contribution in [3.8, 4) is 0 Å². The molecule has 0 radical (unpaired) electrons. The van der Waals surface area contributed by atoms with Crippen LogP contribution in [0.4, 0.5) is 0 Å². The summed E-state index contributed by atoms with van der Waals surface area (Å²) < 4.78 is 25.2. The van der Waals surface area contributed by atoms with Crippen molar-refractivity contribution in [2.45, 2.75) is 45.6 Å². The minimum atomic E-state index is -3.11. The molecule has 2 fully saturated rings. The summed E-state index contributed by atoms with van der Waals surface area (Å²) in [6, 6.07) is 0.0481. The Labute approximate surface area is 135 Å². The molecule has 0 aromatic rings. The Morgan fingerprint density at radius 3 is 2.68 bits per heavy atom. The molecule has 7 heteroatoms. The summed E-state index contributed by atoms with van der Waals surface area (Å²) in [5.74, 6) is 0.900. The predicted molar refractivity (Wildman–Crippen MR) is 90.5 cm³/mol.